The predicted octanol–water partition coefficient (Wildman–Crippen LogP) is 3.63. The molecule has 1 aliphatic heterocycles. The zero-order valence-electron chi connectivity index (χ0n) is 10.9. The van der Waals surface area contributed by atoms with Gasteiger partial charge in [0.1, 0.15) is 0 Å². The van der Waals surface area contributed by atoms with Crippen molar-refractivity contribution >= 4 is 18.5 Å². The quantitative estimate of drug-likeness (QED) is 0.808. The second-order valence-corrected chi connectivity index (χ2v) is 5.56. The molecular weight excluding hydrogens is 242 g/mol. The van der Waals surface area contributed by atoms with Crippen LogP contribution in [0.15, 0.2) is 29.2 Å². The second-order valence-electron chi connectivity index (χ2n) is 5.05. The molecule has 1 atom stereocenters. The third-order valence-corrected chi connectivity index (χ3v) is 4.08. The minimum atomic E-state index is 0.155. The van der Waals surface area contributed by atoms with Gasteiger partial charge >= 0.3 is 0 Å². The van der Waals surface area contributed by atoms with E-state index in [2.05, 4.69) is 19.6 Å². The van der Waals surface area contributed by atoms with Gasteiger partial charge in [-0.25, -0.2) is 0 Å². The number of likely N-dealkylation sites (tertiary alicyclic amines) is 1. The van der Waals surface area contributed by atoms with E-state index in [1.54, 1.807) is 0 Å². The fraction of sp³-hybridized carbons (Fsp3) is 0.533. The number of thiol groups is 1. The predicted molar refractivity (Wildman–Crippen MR) is 77.2 cm³/mol. The average Bonchev–Trinajstić information content (AvgIpc) is 2.63. The maximum absolute atomic E-state index is 12.4. The largest absolute Gasteiger partial charge is 0.339 e. The third-order valence-electron chi connectivity index (χ3n) is 3.81. The number of amides is 1. The molecule has 1 amide bonds. The number of rotatable bonds is 2. The molecule has 18 heavy (non-hydrogen) atoms. The van der Waals surface area contributed by atoms with Crippen LogP contribution in [0.5, 0.6) is 0 Å². The van der Waals surface area contributed by atoms with Crippen LogP contribution in [0.4, 0.5) is 0 Å². The number of carbonyl (C=O) groups is 1. The molecule has 1 aromatic rings. The molecule has 1 aromatic carbocycles. The maximum atomic E-state index is 12.4. The summed E-state index contributed by atoms with van der Waals surface area (Å²) in [5.41, 5.74) is 0.762. The van der Waals surface area contributed by atoms with E-state index in [4.69, 9.17) is 0 Å². The molecule has 2 rings (SSSR count). The van der Waals surface area contributed by atoms with Gasteiger partial charge in [-0.15, -0.1) is 12.6 Å². The summed E-state index contributed by atoms with van der Waals surface area (Å²) in [6.45, 7) is 4.03. The Bertz CT molecular complexity index is 419. The maximum Gasteiger partial charge on any atom is 0.253 e. The first-order chi connectivity index (χ1) is 8.70. The average molecular weight is 263 g/mol. The lowest BCUT2D eigenvalue weighted by Crippen LogP contribution is -2.32. The Hall–Kier alpha value is -0.960. The first-order valence-corrected chi connectivity index (χ1v) is 7.23. The van der Waals surface area contributed by atoms with Crippen LogP contribution in [-0.4, -0.2) is 23.9 Å². The van der Waals surface area contributed by atoms with Gasteiger partial charge in [0.2, 0.25) is 0 Å². The van der Waals surface area contributed by atoms with E-state index < -0.39 is 0 Å². The molecule has 98 valence electrons. The summed E-state index contributed by atoms with van der Waals surface area (Å²) in [5.74, 6) is 0.946. The highest BCUT2D eigenvalue weighted by atomic mass is 32.1. The molecular formula is C15H21NOS. The van der Waals surface area contributed by atoms with Crippen molar-refractivity contribution in [1.82, 2.24) is 4.90 Å². The monoisotopic (exact) mass is 263 g/mol. The van der Waals surface area contributed by atoms with Crippen LogP contribution >= 0.6 is 12.6 Å². The van der Waals surface area contributed by atoms with Gasteiger partial charge in [-0.2, -0.15) is 0 Å². The highest BCUT2D eigenvalue weighted by Gasteiger charge is 2.20. The van der Waals surface area contributed by atoms with E-state index >= 15 is 0 Å². The second kappa shape index (κ2) is 6.28. The summed E-state index contributed by atoms with van der Waals surface area (Å²) in [6.07, 6.45) is 4.76. The summed E-state index contributed by atoms with van der Waals surface area (Å²) in [7, 11) is 0. The summed E-state index contributed by atoms with van der Waals surface area (Å²) < 4.78 is 0. The van der Waals surface area contributed by atoms with E-state index in [-0.39, 0.29) is 5.91 Å². The lowest BCUT2D eigenvalue weighted by Gasteiger charge is -2.20. The van der Waals surface area contributed by atoms with E-state index in [1.807, 2.05) is 29.2 Å². The molecule has 1 saturated heterocycles. The fourth-order valence-corrected chi connectivity index (χ4v) is 2.82. The third kappa shape index (κ3) is 3.29. The van der Waals surface area contributed by atoms with Gasteiger partial charge in [-0.05, 0) is 43.4 Å². The van der Waals surface area contributed by atoms with Crippen molar-refractivity contribution in [3.05, 3.63) is 29.8 Å². The Balaban J connectivity index is 2.05. The van der Waals surface area contributed by atoms with Crippen molar-refractivity contribution in [2.45, 2.75) is 37.5 Å². The molecule has 1 unspecified atom stereocenters. The van der Waals surface area contributed by atoms with Crippen LogP contribution in [0.2, 0.25) is 0 Å². The number of benzene rings is 1. The first kappa shape index (κ1) is 13.5. The number of hydrogen-bond donors (Lipinski definition) is 1. The molecule has 0 radical (unpaired) electrons. The molecule has 2 nitrogen and oxygen atoms in total. The summed E-state index contributed by atoms with van der Waals surface area (Å²) in [5, 5.41) is 0. The van der Waals surface area contributed by atoms with E-state index in [0.29, 0.717) is 0 Å². The van der Waals surface area contributed by atoms with Crippen molar-refractivity contribution < 1.29 is 4.79 Å². The first-order valence-electron chi connectivity index (χ1n) is 6.79. The fourth-order valence-electron chi connectivity index (χ4n) is 2.60. The molecule has 0 spiro atoms. The van der Waals surface area contributed by atoms with Gasteiger partial charge in [0, 0.05) is 23.5 Å². The number of hydrogen-bond acceptors (Lipinski definition) is 2. The SMILES string of the molecule is CCC1CCCN(C(=O)c2cccc(S)c2)CC1. The summed E-state index contributed by atoms with van der Waals surface area (Å²) in [4.78, 5) is 15.2. The lowest BCUT2D eigenvalue weighted by molar-refractivity contribution is 0.0759. The van der Waals surface area contributed by atoms with Gasteiger partial charge in [0.15, 0.2) is 0 Å². The highest BCUT2D eigenvalue weighted by Crippen LogP contribution is 2.21. The van der Waals surface area contributed by atoms with Gasteiger partial charge in [0.05, 0.1) is 0 Å². The number of nitrogens with zero attached hydrogens (tertiary/aromatic N) is 1. The molecule has 0 aliphatic carbocycles. The van der Waals surface area contributed by atoms with Gasteiger partial charge in [-0.3, -0.25) is 4.79 Å². The summed E-state index contributed by atoms with van der Waals surface area (Å²) in [6, 6.07) is 7.52. The van der Waals surface area contributed by atoms with E-state index in [1.165, 1.54) is 12.8 Å². The molecule has 3 heteroatoms. The summed E-state index contributed by atoms with van der Waals surface area (Å²) >= 11 is 4.29. The van der Waals surface area contributed by atoms with Crippen molar-refractivity contribution in [3.63, 3.8) is 0 Å². The van der Waals surface area contributed by atoms with Crippen molar-refractivity contribution in [1.29, 1.82) is 0 Å². The Labute approximate surface area is 115 Å². The zero-order chi connectivity index (χ0) is 13.0. The van der Waals surface area contributed by atoms with Crippen LogP contribution in [0.25, 0.3) is 0 Å². The minimum Gasteiger partial charge on any atom is -0.339 e. The molecule has 1 heterocycles. The van der Waals surface area contributed by atoms with Crippen molar-refractivity contribution in [2.24, 2.45) is 5.92 Å². The van der Waals surface area contributed by atoms with Crippen molar-refractivity contribution in [2.75, 3.05) is 13.1 Å². The highest BCUT2D eigenvalue weighted by molar-refractivity contribution is 7.80. The molecule has 1 aliphatic rings. The molecule has 0 N–H and O–H groups in total. The zero-order valence-corrected chi connectivity index (χ0v) is 11.8. The van der Waals surface area contributed by atoms with Crippen LogP contribution < -0.4 is 0 Å². The lowest BCUT2D eigenvalue weighted by atomic mass is 9.98. The number of carbonyl (C=O) groups excluding carboxylic acids is 1. The normalized spacial score (nSPS) is 20.6. The smallest absolute Gasteiger partial charge is 0.253 e. The standard InChI is InChI=1S/C15H21NOS/c1-2-12-5-4-9-16(10-8-12)15(17)13-6-3-7-14(18)11-13/h3,6-7,11-12,18H,2,4-5,8-10H2,1H3. The molecule has 0 bridgehead atoms. The van der Waals surface area contributed by atoms with Gasteiger partial charge in [0.25, 0.3) is 5.91 Å². The van der Waals surface area contributed by atoms with E-state index in [9.17, 15) is 4.79 Å². The van der Waals surface area contributed by atoms with Crippen LogP contribution in [0.3, 0.4) is 0 Å². The Morgan fingerprint density at radius 2 is 2.22 bits per heavy atom. The minimum absolute atomic E-state index is 0.155. The van der Waals surface area contributed by atoms with Gasteiger partial charge < -0.3 is 4.90 Å². The Morgan fingerprint density at radius 1 is 1.39 bits per heavy atom. The molecule has 1 fully saturated rings. The van der Waals surface area contributed by atoms with Crippen LogP contribution in [-0.2, 0) is 0 Å². The van der Waals surface area contributed by atoms with Crippen LogP contribution in [0.1, 0.15) is 43.0 Å². The van der Waals surface area contributed by atoms with Crippen molar-refractivity contribution in [3.8, 4) is 0 Å². The topological polar surface area (TPSA) is 20.3 Å². The molecule has 0 saturated carbocycles. The van der Waals surface area contributed by atoms with E-state index in [0.717, 1.165) is 42.3 Å². The Kier molecular flexibility index (Phi) is 4.70. The Morgan fingerprint density at radius 3 is 2.94 bits per heavy atom. The van der Waals surface area contributed by atoms with Crippen LogP contribution in [0, 0.1) is 5.92 Å². The van der Waals surface area contributed by atoms with Gasteiger partial charge in [-0.1, -0.05) is 19.4 Å². The molecule has 0 aromatic heterocycles.